The van der Waals surface area contributed by atoms with Crippen molar-refractivity contribution in [2.45, 2.75) is 52.0 Å². The zero-order chi connectivity index (χ0) is 17.0. The number of benzene rings is 1. The van der Waals surface area contributed by atoms with Gasteiger partial charge in [0.15, 0.2) is 6.61 Å². The summed E-state index contributed by atoms with van der Waals surface area (Å²) in [6.07, 6.45) is 2.13. The van der Waals surface area contributed by atoms with Crippen LogP contribution in [0, 0.1) is 5.92 Å². The van der Waals surface area contributed by atoms with Crippen molar-refractivity contribution in [2.75, 3.05) is 19.7 Å². The molecule has 0 saturated carbocycles. The fraction of sp³-hybridized carbons (Fsp3) is 0.632. The number of ether oxygens (including phenoxy) is 1. The number of nitrogens with zero attached hydrogens (tertiary/aromatic N) is 1. The summed E-state index contributed by atoms with van der Waals surface area (Å²) in [5.41, 5.74) is 7.35. The maximum atomic E-state index is 12.3. The molecule has 1 saturated heterocycles. The van der Waals surface area contributed by atoms with E-state index in [2.05, 4.69) is 32.9 Å². The van der Waals surface area contributed by atoms with Crippen LogP contribution in [0.15, 0.2) is 24.3 Å². The zero-order valence-corrected chi connectivity index (χ0v) is 14.8. The van der Waals surface area contributed by atoms with E-state index in [-0.39, 0.29) is 24.0 Å². The van der Waals surface area contributed by atoms with Crippen molar-refractivity contribution in [3.05, 3.63) is 29.8 Å². The number of carbonyl (C=O) groups excluding carboxylic acids is 1. The van der Waals surface area contributed by atoms with Crippen LogP contribution in [0.2, 0.25) is 0 Å². The Kier molecular flexibility index (Phi) is 5.69. The molecule has 2 unspecified atom stereocenters. The molecule has 0 bridgehead atoms. The standard InChI is InChI=1S/C19H30N2O2/c1-14(20)15-6-5-11-21(12-15)18(22)13-23-17-9-7-16(8-10-17)19(2,3)4/h7-10,14-15H,5-6,11-13,20H2,1-4H3. The number of likely N-dealkylation sites (tertiary alicyclic amines) is 1. The molecule has 1 aliphatic rings. The minimum Gasteiger partial charge on any atom is -0.484 e. The largest absolute Gasteiger partial charge is 0.484 e. The lowest BCUT2D eigenvalue weighted by Crippen LogP contribution is -2.46. The van der Waals surface area contributed by atoms with Gasteiger partial charge < -0.3 is 15.4 Å². The third kappa shape index (κ3) is 4.96. The van der Waals surface area contributed by atoms with Gasteiger partial charge in [0.1, 0.15) is 5.75 Å². The third-order valence-electron chi connectivity index (χ3n) is 4.64. The van der Waals surface area contributed by atoms with Crippen LogP contribution >= 0.6 is 0 Å². The molecule has 0 aliphatic carbocycles. The first-order valence-electron chi connectivity index (χ1n) is 8.54. The highest BCUT2D eigenvalue weighted by molar-refractivity contribution is 5.77. The minimum atomic E-state index is 0.0512. The first kappa shape index (κ1) is 17.8. The van der Waals surface area contributed by atoms with Gasteiger partial charge in [0.25, 0.3) is 5.91 Å². The van der Waals surface area contributed by atoms with Crippen LogP contribution in [0.4, 0.5) is 0 Å². The molecular formula is C19H30N2O2. The number of nitrogens with two attached hydrogens (primary N) is 1. The number of amides is 1. The van der Waals surface area contributed by atoms with Gasteiger partial charge in [-0.1, -0.05) is 32.9 Å². The summed E-state index contributed by atoms with van der Waals surface area (Å²) in [7, 11) is 0. The Bertz CT molecular complexity index is 517. The molecule has 23 heavy (non-hydrogen) atoms. The minimum absolute atomic E-state index is 0.0512. The molecular weight excluding hydrogens is 288 g/mol. The van der Waals surface area contributed by atoms with Crippen LogP contribution in [-0.2, 0) is 10.2 Å². The fourth-order valence-electron chi connectivity index (χ4n) is 2.95. The molecule has 1 aliphatic heterocycles. The predicted molar refractivity (Wildman–Crippen MR) is 93.6 cm³/mol. The van der Waals surface area contributed by atoms with Crippen LogP contribution < -0.4 is 10.5 Å². The maximum absolute atomic E-state index is 12.3. The second kappa shape index (κ2) is 7.35. The molecule has 1 aromatic rings. The van der Waals surface area contributed by atoms with Crippen molar-refractivity contribution in [3.8, 4) is 5.75 Å². The normalized spacial score (nSPS) is 20.2. The van der Waals surface area contributed by atoms with E-state index in [1.54, 1.807) is 0 Å². The smallest absolute Gasteiger partial charge is 0.260 e. The number of piperidine rings is 1. The molecule has 128 valence electrons. The molecule has 0 spiro atoms. The average molecular weight is 318 g/mol. The summed E-state index contributed by atoms with van der Waals surface area (Å²) in [4.78, 5) is 14.2. The van der Waals surface area contributed by atoms with Gasteiger partial charge in [-0.2, -0.15) is 0 Å². The first-order valence-corrected chi connectivity index (χ1v) is 8.54. The van der Waals surface area contributed by atoms with Gasteiger partial charge in [-0.25, -0.2) is 0 Å². The van der Waals surface area contributed by atoms with E-state index in [1.165, 1.54) is 5.56 Å². The van der Waals surface area contributed by atoms with Crippen LogP contribution in [0.3, 0.4) is 0 Å². The molecule has 0 aromatic heterocycles. The molecule has 4 heteroatoms. The number of carbonyl (C=O) groups is 1. The molecule has 1 fully saturated rings. The van der Waals surface area contributed by atoms with Gasteiger partial charge >= 0.3 is 0 Å². The Morgan fingerprint density at radius 3 is 2.57 bits per heavy atom. The van der Waals surface area contributed by atoms with E-state index in [9.17, 15) is 4.79 Å². The summed E-state index contributed by atoms with van der Waals surface area (Å²) >= 11 is 0. The quantitative estimate of drug-likeness (QED) is 0.928. The van der Waals surface area contributed by atoms with Crippen molar-refractivity contribution in [1.29, 1.82) is 0 Å². The highest BCUT2D eigenvalue weighted by Gasteiger charge is 2.25. The summed E-state index contributed by atoms with van der Waals surface area (Å²) < 4.78 is 5.66. The van der Waals surface area contributed by atoms with Gasteiger partial charge in [0, 0.05) is 19.1 Å². The summed E-state index contributed by atoms with van der Waals surface area (Å²) in [5, 5.41) is 0. The summed E-state index contributed by atoms with van der Waals surface area (Å²) in [5.74, 6) is 1.20. The van der Waals surface area contributed by atoms with Crippen LogP contribution in [0.1, 0.15) is 46.1 Å². The lowest BCUT2D eigenvalue weighted by molar-refractivity contribution is -0.135. The molecule has 2 rings (SSSR count). The lowest BCUT2D eigenvalue weighted by Gasteiger charge is -2.34. The number of hydrogen-bond acceptors (Lipinski definition) is 3. The summed E-state index contributed by atoms with van der Waals surface area (Å²) in [6, 6.07) is 8.14. The van der Waals surface area contributed by atoms with Crippen molar-refractivity contribution in [1.82, 2.24) is 4.90 Å². The van der Waals surface area contributed by atoms with Gasteiger partial charge in [0.2, 0.25) is 0 Å². The molecule has 2 atom stereocenters. The maximum Gasteiger partial charge on any atom is 0.260 e. The van der Waals surface area contributed by atoms with E-state index in [1.807, 2.05) is 24.0 Å². The SMILES string of the molecule is CC(N)C1CCCN(C(=O)COc2ccc(C(C)(C)C)cc2)C1. The van der Waals surface area contributed by atoms with E-state index >= 15 is 0 Å². The average Bonchev–Trinajstić information content (AvgIpc) is 2.52. The van der Waals surface area contributed by atoms with E-state index < -0.39 is 0 Å². The Morgan fingerprint density at radius 2 is 2.00 bits per heavy atom. The topological polar surface area (TPSA) is 55.6 Å². The Morgan fingerprint density at radius 1 is 1.35 bits per heavy atom. The number of rotatable bonds is 4. The summed E-state index contributed by atoms with van der Waals surface area (Å²) in [6.45, 7) is 10.2. The fourth-order valence-corrected chi connectivity index (χ4v) is 2.95. The van der Waals surface area contributed by atoms with Crippen molar-refractivity contribution < 1.29 is 9.53 Å². The van der Waals surface area contributed by atoms with E-state index in [0.29, 0.717) is 5.92 Å². The Hall–Kier alpha value is -1.55. The Balaban J connectivity index is 1.86. The Labute approximate surface area is 140 Å². The highest BCUT2D eigenvalue weighted by Crippen LogP contribution is 2.24. The monoisotopic (exact) mass is 318 g/mol. The van der Waals surface area contributed by atoms with Gasteiger partial charge in [-0.05, 0) is 48.8 Å². The molecule has 0 radical (unpaired) electrons. The highest BCUT2D eigenvalue weighted by atomic mass is 16.5. The van der Waals surface area contributed by atoms with Gasteiger partial charge in [0.05, 0.1) is 0 Å². The molecule has 1 amide bonds. The van der Waals surface area contributed by atoms with Crippen LogP contribution in [0.5, 0.6) is 5.75 Å². The third-order valence-corrected chi connectivity index (χ3v) is 4.64. The van der Waals surface area contributed by atoms with Crippen LogP contribution in [0.25, 0.3) is 0 Å². The first-order chi connectivity index (χ1) is 10.8. The second-order valence-corrected chi connectivity index (χ2v) is 7.66. The van der Waals surface area contributed by atoms with Crippen LogP contribution in [-0.4, -0.2) is 36.5 Å². The van der Waals surface area contributed by atoms with Gasteiger partial charge in [-0.3, -0.25) is 4.79 Å². The zero-order valence-electron chi connectivity index (χ0n) is 14.8. The molecule has 1 heterocycles. The van der Waals surface area contributed by atoms with Crippen molar-refractivity contribution in [2.24, 2.45) is 11.7 Å². The van der Waals surface area contributed by atoms with E-state index in [0.717, 1.165) is 31.7 Å². The van der Waals surface area contributed by atoms with Crippen molar-refractivity contribution >= 4 is 5.91 Å². The molecule has 4 nitrogen and oxygen atoms in total. The number of hydrogen-bond donors (Lipinski definition) is 1. The lowest BCUT2D eigenvalue weighted by atomic mass is 9.87. The van der Waals surface area contributed by atoms with Crippen molar-refractivity contribution in [3.63, 3.8) is 0 Å². The predicted octanol–water partition coefficient (Wildman–Crippen LogP) is 2.95. The second-order valence-electron chi connectivity index (χ2n) is 7.66. The van der Waals surface area contributed by atoms with E-state index in [4.69, 9.17) is 10.5 Å². The van der Waals surface area contributed by atoms with Gasteiger partial charge in [-0.15, -0.1) is 0 Å². The molecule has 2 N–H and O–H groups in total. The molecule has 1 aromatic carbocycles.